The Balaban J connectivity index is 1.18. The number of aromatic nitrogens is 1. The molecule has 0 atom stereocenters. The van der Waals surface area contributed by atoms with Crippen molar-refractivity contribution in [3.8, 4) is 0 Å². The molecule has 0 unspecified atom stereocenters. The Morgan fingerprint density at radius 2 is 1.08 bits per heavy atom. The fraction of sp³-hybridized carbons (Fsp3) is 0.625. The number of nitrogens with zero attached hydrogens (tertiary/aromatic N) is 3. The molecular formula is C40H64N5O7+. The molecule has 0 spiro atoms. The highest BCUT2D eigenvalue weighted by atomic mass is 16.5. The molecule has 0 fully saturated rings. The zero-order valence-corrected chi connectivity index (χ0v) is 32.4. The van der Waals surface area contributed by atoms with Gasteiger partial charge in [0.05, 0.1) is 39.6 Å². The fourth-order valence-electron chi connectivity index (χ4n) is 5.62. The van der Waals surface area contributed by atoms with E-state index >= 15 is 0 Å². The number of unbranched alkanes of at least 4 members (excludes halogenated alkanes) is 2. The van der Waals surface area contributed by atoms with Gasteiger partial charge in [-0.05, 0) is 62.4 Å². The fourth-order valence-corrected chi connectivity index (χ4v) is 5.62. The molecule has 12 nitrogen and oxygen atoms in total. The van der Waals surface area contributed by atoms with Crippen molar-refractivity contribution in [2.75, 3.05) is 117 Å². The third-order valence-corrected chi connectivity index (χ3v) is 8.51. The van der Waals surface area contributed by atoms with Gasteiger partial charge in [-0.25, -0.2) is 0 Å². The predicted octanol–water partition coefficient (Wildman–Crippen LogP) is 4.48. The van der Waals surface area contributed by atoms with Gasteiger partial charge in [0.2, 0.25) is 22.8 Å². The van der Waals surface area contributed by atoms with Gasteiger partial charge in [-0.15, -0.1) is 0 Å². The number of fused-ring (bicyclic) bond motifs is 2. The van der Waals surface area contributed by atoms with Gasteiger partial charge in [-0.2, -0.15) is 4.57 Å². The topological polar surface area (TPSA) is 115 Å². The zero-order valence-electron chi connectivity index (χ0n) is 32.4. The summed E-state index contributed by atoms with van der Waals surface area (Å²) in [6.45, 7) is 8.89. The Bertz CT molecular complexity index is 1400. The number of anilines is 2. The van der Waals surface area contributed by atoms with Gasteiger partial charge in [0.15, 0.2) is 0 Å². The van der Waals surface area contributed by atoms with Crippen LogP contribution in [0.2, 0.25) is 0 Å². The van der Waals surface area contributed by atoms with Gasteiger partial charge in [0.1, 0.15) is 13.2 Å². The van der Waals surface area contributed by atoms with E-state index in [1.807, 2.05) is 6.92 Å². The summed E-state index contributed by atoms with van der Waals surface area (Å²) in [5.41, 5.74) is 4.82. The Hall–Kier alpha value is -3.55. The van der Waals surface area contributed by atoms with E-state index in [1.165, 1.54) is 33.2 Å². The Labute approximate surface area is 311 Å². The Morgan fingerprint density at radius 1 is 0.577 bits per heavy atom. The van der Waals surface area contributed by atoms with Crippen LogP contribution in [-0.4, -0.2) is 119 Å². The molecule has 0 bridgehead atoms. The number of carbonyl (C=O) groups excluding carboxylic acids is 2. The van der Waals surface area contributed by atoms with Crippen LogP contribution in [0, 0.1) is 0 Å². The molecule has 0 radical (unpaired) electrons. The molecule has 3 aromatic rings. The lowest BCUT2D eigenvalue weighted by Gasteiger charge is -2.15. The molecule has 12 heteroatoms. The summed E-state index contributed by atoms with van der Waals surface area (Å²) in [5, 5.41) is 8.29. The Morgan fingerprint density at radius 3 is 1.62 bits per heavy atom. The lowest BCUT2D eigenvalue weighted by atomic mass is 10.1. The molecule has 0 saturated carbocycles. The number of benzene rings is 2. The van der Waals surface area contributed by atoms with Crippen molar-refractivity contribution < 1.29 is 37.8 Å². The van der Waals surface area contributed by atoms with Gasteiger partial charge in [-0.3, -0.25) is 9.59 Å². The summed E-state index contributed by atoms with van der Waals surface area (Å²) in [6, 6.07) is 15.6. The molecule has 2 amide bonds. The number of rotatable bonds is 29. The van der Waals surface area contributed by atoms with E-state index in [0.717, 1.165) is 45.1 Å². The normalized spacial score (nSPS) is 11.3. The highest BCUT2D eigenvalue weighted by Gasteiger charge is 2.17. The lowest BCUT2D eigenvalue weighted by Crippen LogP contribution is -2.36. The van der Waals surface area contributed by atoms with Crippen LogP contribution < -0.4 is 25.0 Å². The van der Waals surface area contributed by atoms with Crippen LogP contribution >= 0.6 is 0 Å². The van der Waals surface area contributed by atoms with E-state index in [2.05, 4.69) is 95.7 Å². The van der Waals surface area contributed by atoms with E-state index in [0.29, 0.717) is 79.0 Å². The smallest absolute Gasteiger partial charge is 0.246 e. The van der Waals surface area contributed by atoms with Crippen molar-refractivity contribution in [2.24, 2.45) is 0 Å². The van der Waals surface area contributed by atoms with E-state index in [4.69, 9.17) is 23.7 Å². The molecule has 1 heterocycles. The second kappa shape index (κ2) is 25.4. The van der Waals surface area contributed by atoms with Crippen molar-refractivity contribution in [3.05, 3.63) is 42.5 Å². The van der Waals surface area contributed by atoms with Gasteiger partial charge >= 0.3 is 0 Å². The van der Waals surface area contributed by atoms with Gasteiger partial charge < -0.3 is 44.1 Å². The maximum absolute atomic E-state index is 12.4. The van der Waals surface area contributed by atoms with Crippen LogP contribution in [0.3, 0.4) is 0 Å². The SMILES string of the molecule is CCCOCCOCC(=O)NCCCOCCOCCOCCCNC(=O)CCCCC[n+]1c2cc(N(C)C)ccc2cc2ccc(N(C)C)cc21. The number of pyridine rings is 1. The van der Waals surface area contributed by atoms with Crippen LogP contribution in [0.1, 0.15) is 51.9 Å². The van der Waals surface area contributed by atoms with Crippen LogP contribution in [0.15, 0.2) is 42.5 Å². The maximum atomic E-state index is 12.4. The minimum Gasteiger partial charge on any atom is -0.379 e. The predicted molar refractivity (Wildman–Crippen MR) is 208 cm³/mol. The molecule has 0 aliphatic rings. The van der Waals surface area contributed by atoms with Crippen molar-refractivity contribution in [1.82, 2.24) is 10.6 Å². The summed E-state index contributed by atoms with van der Waals surface area (Å²) >= 11 is 0. The van der Waals surface area contributed by atoms with Gasteiger partial charge in [-0.1, -0.05) is 6.92 Å². The van der Waals surface area contributed by atoms with Crippen molar-refractivity contribution in [2.45, 2.75) is 58.4 Å². The first kappa shape index (κ1) is 42.9. The molecule has 1 aromatic heterocycles. The van der Waals surface area contributed by atoms with E-state index < -0.39 is 0 Å². The number of nitrogens with one attached hydrogen (secondary N) is 2. The third kappa shape index (κ3) is 16.4. The van der Waals surface area contributed by atoms with Crippen LogP contribution in [0.25, 0.3) is 21.8 Å². The van der Waals surface area contributed by atoms with Crippen LogP contribution in [-0.2, 0) is 39.8 Å². The van der Waals surface area contributed by atoms with Crippen molar-refractivity contribution in [1.29, 1.82) is 0 Å². The molecule has 52 heavy (non-hydrogen) atoms. The van der Waals surface area contributed by atoms with Crippen LogP contribution in [0.4, 0.5) is 11.4 Å². The number of aryl methyl sites for hydroxylation is 1. The second-order valence-electron chi connectivity index (χ2n) is 13.3. The minimum absolute atomic E-state index is 0.0456. The van der Waals surface area contributed by atoms with E-state index in [-0.39, 0.29) is 18.4 Å². The molecule has 0 aliphatic carbocycles. The number of carbonyl (C=O) groups is 2. The summed E-state index contributed by atoms with van der Waals surface area (Å²) in [4.78, 5) is 28.4. The zero-order chi connectivity index (χ0) is 37.4. The summed E-state index contributed by atoms with van der Waals surface area (Å²) in [6.07, 6.45) is 5.84. The largest absolute Gasteiger partial charge is 0.379 e. The van der Waals surface area contributed by atoms with Crippen LogP contribution in [0.5, 0.6) is 0 Å². The molecule has 3 rings (SSSR count). The average Bonchev–Trinajstić information content (AvgIpc) is 3.13. The molecular weight excluding hydrogens is 662 g/mol. The second-order valence-corrected chi connectivity index (χ2v) is 13.3. The molecule has 0 saturated heterocycles. The maximum Gasteiger partial charge on any atom is 0.246 e. The third-order valence-electron chi connectivity index (χ3n) is 8.51. The van der Waals surface area contributed by atoms with Crippen molar-refractivity contribution >= 4 is 45.0 Å². The molecule has 0 aliphatic heterocycles. The number of ether oxygens (including phenoxy) is 5. The highest BCUT2D eigenvalue weighted by molar-refractivity contribution is 5.91. The first-order chi connectivity index (χ1) is 25.3. The number of amides is 2. The summed E-state index contributed by atoms with van der Waals surface area (Å²) in [7, 11) is 8.30. The highest BCUT2D eigenvalue weighted by Crippen LogP contribution is 2.25. The lowest BCUT2D eigenvalue weighted by molar-refractivity contribution is -0.645. The Kier molecular flexibility index (Phi) is 21.0. The molecule has 2 N–H and O–H groups in total. The first-order valence-electron chi connectivity index (χ1n) is 19.0. The number of hydrogen-bond acceptors (Lipinski definition) is 9. The van der Waals surface area contributed by atoms with Gasteiger partial charge in [0.25, 0.3) is 0 Å². The minimum atomic E-state index is -0.132. The standard InChI is InChI=1S/C40H63N5O7/c1-6-20-48-27-28-52-32-40(47)42-18-11-22-50-24-26-51-25-23-49-21-10-17-41-39(46)12-8-7-9-19-45-37-30-35(43(2)3)15-13-33(37)29-34-14-16-36(44(4)5)31-38(34)45/h13-16,29-31H,6-12,17-28,32H2,1-5H3,(H-,41,42,46,47)/p+1. The first-order valence-corrected chi connectivity index (χ1v) is 19.0. The molecule has 2 aromatic carbocycles. The number of hydrogen-bond donors (Lipinski definition) is 2. The summed E-state index contributed by atoms with van der Waals surface area (Å²) < 4.78 is 29.7. The van der Waals surface area contributed by atoms with Gasteiger partial charge in [0, 0.05) is 108 Å². The average molecular weight is 727 g/mol. The van der Waals surface area contributed by atoms with E-state index in [1.54, 1.807) is 0 Å². The van der Waals surface area contributed by atoms with E-state index in [9.17, 15) is 9.59 Å². The monoisotopic (exact) mass is 726 g/mol. The summed E-state index contributed by atoms with van der Waals surface area (Å²) in [5.74, 6) is -0.0370. The van der Waals surface area contributed by atoms with Crippen molar-refractivity contribution in [3.63, 3.8) is 0 Å². The quantitative estimate of drug-likeness (QED) is 0.0608. The molecule has 290 valence electrons.